The van der Waals surface area contributed by atoms with E-state index >= 15 is 0 Å². The Kier molecular flexibility index (Phi) is 4.18. The fourth-order valence-electron chi connectivity index (χ4n) is 2.53. The fourth-order valence-corrected chi connectivity index (χ4v) is 2.53. The Morgan fingerprint density at radius 1 is 1.56 bits per heavy atom. The van der Waals surface area contributed by atoms with E-state index in [1.807, 2.05) is 4.90 Å². The number of nitrogens with zero attached hydrogens (tertiary/aromatic N) is 1. The van der Waals surface area contributed by atoms with Gasteiger partial charge in [0, 0.05) is 13.1 Å². The molecule has 4 heteroatoms. The highest BCUT2D eigenvalue weighted by molar-refractivity contribution is 5.82. The first kappa shape index (κ1) is 11.9. The maximum absolute atomic E-state index is 12.2. The number of amides is 1. The highest BCUT2D eigenvalue weighted by atomic mass is 16.5. The predicted octanol–water partition coefficient (Wildman–Crippen LogP) is 0.766. The van der Waals surface area contributed by atoms with Crippen LogP contribution in [0, 0.1) is 0 Å². The molecule has 2 heterocycles. The third-order valence-corrected chi connectivity index (χ3v) is 3.42. The number of morpholine rings is 1. The molecule has 0 aromatic heterocycles. The Morgan fingerprint density at radius 2 is 2.44 bits per heavy atom. The lowest BCUT2D eigenvalue weighted by Gasteiger charge is -2.34. The molecule has 0 radical (unpaired) electrons. The van der Waals surface area contributed by atoms with E-state index in [1.54, 1.807) is 0 Å². The minimum Gasteiger partial charge on any atom is -0.375 e. The molecule has 1 N–H and O–H groups in total. The average molecular weight is 226 g/mol. The summed E-state index contributed by atoms with van der Waals surface area (Å²) >= 11 is 0. The molecule has 2 aliphatic heterocycles. The van der Waals surface area contributed by atoms with E-state index in [0.29, 0.717) is 6.61 Å². The van der Waals surface area contributed by atoms with E-state index in [4.69, 9.17) is 4.74 Å². The van der Waals surface area contributed by atoms with E-state index < -0.39 is 0 Å². The van der Waals surface area contributed by atoms with Gasteiger partial charge in [0.2, 0.25) is 5.91 Å². The minimum atomic E-state index is 0.0698. The van der Waals surface area contributed by atoms with Crippen LogP contribution in [-0.2, 0) is 9.53 Å². The summed E-state index contributed by atoms with van der Waals surface area (Å²) in [4.78, 5) is 14.1. The third-order valence-electron chi connectivity index (χ3n) is 3.42. The van der Waals surface area contributed by atoms with Crippen molar-refractivity contribution in [2.24, 2.45) is 0 Å². The molecular weight excluding hydrogens is 204 g/mol. The fraction of sp³-hybridized carbons (Fsp3) is 0.917. The Morgan fingerprint density at radius 3 is 3.12 bits per heavy atom. The molecule has 4 nitrogen and oxygen atoms in total. The molecule has 0 aromatic rings. The predicted molar refractivity (Wildman–Crippen MR) is 62.3 cm³/mol. The van der Waals surface area contributed by atoms with Crippen LogP contribution in [0.2, 0.25) is 0 Å². The van der Waals surface area contributed by atoms with Crippen molar-refractivity contribution in [1.29, 1.82) is 0 Å². The average Bonchev–Trinajstić information content (AvgIpc) is 2.82. The first-order valence-electron chi connectivity index (χ1n) is 6.45. The molecule has 2 atom stereocenters. The second-order valence-electron chi connectivity index (χ2n) is 4.71. The normalized spacial score (nSPS) is 30.7. The van der Waals surface area contributed by atoms with Crippen LogP contribution in [-0.4, -0.2) is 49.2 Å². The molecule has 0 bridgehead atoms. The number of nitrogens with one attached hydrogen (secondary N) is 1. The minimum absolute atomic E-state index is 0.0698. The zero-order valence-corrected chi connectivity index (χ0v) is 10.1. The summed E-state index contributed by atoms with van der Waals surface area (Å²) in [6, 6.07) is 0.0698. The van der Waals surface area contributed by atoms with Gasteiger partial charge in [-0.1, -0.05) is 13.3 Å². The SMILES string of the molecule is CCCC1CN(C(=O)C2CCCN2)CCO1. The lowest BCUT2D eigenvalue weighted by molar-refractivity contribution is -0.140. The maximum atomic E-state index is 12.2. The molecule has 2 saturated heterocycles. The number of rotatable bonds is 3. The summed E-state index contributed by atoms with van der Waals surface area (Å²) in [7, 11) is 0. The second-order valence-corrected chi connectivity index (χ2v) is 4.71. The molecular formula is C12H22N2O2. The second kappa shape index (κ2) is 5.64. The Bertz CT molecular complexity index is 237. The van der Waals surface area contributed by atoms with Crippen molar-refractivity contribution in [1.82, 2.24) is 10.2 Å². The van der Waals surface area contributed by atoms with Crippen molar-refractivity contribution in [3.63, 3.8) is 0 Å². The topological polar surface area (TPSA) is 41.6 Å². The van der Waals surface area contributed by atoms with Crippen LogP contribution >= 0.6 is 0 Å². The van der Waals surface area contributed by atoms with Gasteiger partial charge in [-0.05, 0) is 25.8 Å². The molecule has 0 aromatic carbocycles. The van der Waals surface area contributed by atoms with Crippen LogP contribution in [0.3, 0.4) is 0 Å². The van der Waals surface area contributed by atoms with E-state index in [2.05, 4.69) is 12.2 Å². The van der Waals surface area contributed by atoms with Crippen molar-refractivity contribution in [2.75, 3.05) is 26.2 Å². The van der Waals surface area contributed by atoms with Gasteiger partial charge >= 0.3 is 0 Å². The maximum Gasteiger partial charge on any atom is 0.239 e. The molecule has 0 aliphatic carbocycles. The summed E-state index contributed by atoms with van der Waals surface area (Å²) in [5.74, 6) is 0.280. The first-order chi connectivity index (χ1) is 7.81. The van der Waals surface area contributed by atoms with E-state index in [1.165, 1.54) is 0 Å². The Balaban J connectivity index is 1.85. The van der Waals surface area contributed by atoms with Crippen LogP contribution in [0.25, 0.3) is 0 Å². The Hall–Kier alpha value is -0.610. The highest BCUT2D eigenvalue weighted by Gasteiger charge is 2.30. The number of carbonyl (C=O) groups excluding carboxylic acids is 1. The van der Waals surface area contributed by atoms with Crippen LogP contribution in [0.5, 0.6) is 0 Å². The van der Waals surface area contributed by atoms with Gasteiger partial charge in [-0.2, -0.15) is 0 Å². The van der Waals surface area contributed by atoms with Gasteiger partial charge in [-0.15, -0.1) is 0 Å². The number of hydrogen-bond donors (Lipinski definition) is 1. The van der Waals surface area contributed by atoms with Gasteiger partial charge in [0.05, 0.1) is 18.8 Å². The van der Waals surface area contributed by atoms with E-state index in [0.717, 1.165) is 45.3 Å². The van der Waals surface area contributed by atoms with Gasteiger partial charge in [0.1, 0.15) is 0 Å². The lowest BCUT2D eigenvalue weighted by Crippen LogP contribution is -2.51. The molecule has 2 unspecified atom stereocenters. The van der Waals surface area contributed by atoms with Gasteiger partial charge in [-0.25, -0.2) is 0 Å². The first-order valence-corrected chi connectivity index (χ1v) is 6.45. The zero-order valence-electron chi connectivity index (χ0n) is 10.1. The van der Waals surface area contributed by atoms with Crippen LogP contribution in [0.15, 0.2) is 0 Å². The van der Waals surface area contributed by atoms with Crippen molar-refractivity contribution < 1.29 is 9.53 Å². The molecule has 0 spiro atoms. The monoisotopic (exact) mass is 226 g/mol. The van der Waals surface area contributed by atoms with Crippen molar-refractivity contribution >= 4 is 5.91 Å². The molecule has 2 aliphatic rings. The third kappa shape index (κ3) is 2.74. The standard InChI is InChI=1S/C12H22N2O2/c1-2-4-10-9-14(7-8-16-10)12(15)11-5-3-6-13-11/h10-11,13H,2-9H2,1H3. The van der Waals surface area contributed by atoms with Gasteiger partial charge in [0.25, 0.3) is 0 Å². The largest absolute Gasteiger partial charge is 0.375 e. The summed E-state index contributed by atoms with van der Waals surface area (Å²) < 4.78 is 5.65. The van der Waals surface area contributed by atoms with E-state index in [-0.39, 0.29) is 18.1 Å². The highest BCUT2D eigenvalue weighted by Crippen LogP contribution is 2.14. The molecule has 2 rings (SSSR count). The van der Waals surface area contributed by atoms with Crippen LogP contribution in [0.4, 0.5) is 0 Å². The van der Waals surface area contributed by atoms with Crippen molar-refractivity contribution in [3.05, 3.63) is 0 Å². The lowest BCUT2D eigenvalue weighted by atomic mass is 10.1. The number of carbonyl (C=O) groups is 1. The summed E-state index contributed by atoms with van der Waals surface area (Å²) in [5, 5.41) is 3.27. The van der Waals surface area contributed by atoms with E-state index in [9.17, 15) is 4.79 Å². The van der Waals surface area contributed by atoms with Gasteiger partial charge < -0.3 is 15.0 Å². The summed E-state index contributed by atoms with van der Waals surface area (Å²) in [6.07, 6.45) is 4.55. The molecule has 16 heavy (non-hydrogen) atoms. The zero-order chi connectivity index (χ0) is 11.4. The molecule has 1 amide bonds. The van der Waals surface area contributed by atoms with Crippen LogP contribution < -0.4 is 5.32 Å². The quantitative estimate of drug-likeness (QED) is 0.772. The number of hydrogen-bond acceptors (Lipinski definition) is 3. The van der Waals surface area contributed by atoms with Gasteiger partial charge in [0.15, 0.2) is 0 Å². The van der Waals surface area contributed by atoms with Crippen molar-refractivity contribution in [3.8, 4) is 0 Å². The molecule has 0 saturated carbocycles. The van der Waals surface area contributed by atoms with Gasteiger partial charge in [-0.3, -0.25) is 4.79 Å². The molecule has 92 valence electrons. The Labute approximate surface area is 97.3 Å². The number of ether oxygens (including phenoxy) is 1. The van der Waals surface area contributed by atoms with Crippen LogP contribution in [0.1, 0.15) is 32.6 Å². The summed E-state index contributed by atoms with van der Waals surface area (Å²) in [6.45, 7) is 5.38. The molecule has 2 fully saturated rings. The summed E-state index contributed by atoms with van der Waals surface area (Å²) in [5.41, 5.74) is 0. The van der Waals surface area contributed by atoms with Crippen molar-refractivity contribution in [2.45, 2.75) is 44.8 Å². The smallest absolute Gasteiger partial charge is 0.239 e.